The van der Waals surface area contributed by atoms with Crippen molar-refractivity contribution in [3.8, 4) is 5.75 Å². The second kappa shape index (κ2) is 9.59. The van der Waals surface area contributed by atoms with E-state index in [1.54, 1.807) is 30.3 Å². The molecule has 0 aromatic heterocycles. The van der Waals surface area contributed by atoms with E-state index in [9.17, 15) is 13.5 Å². The number of ether oxygens (including phenoxy) is 1. The molecule has 0 saturated heterocycles. The van der Waals surface area contributed by atoms with E-state index in [1.807, 2.05) is 27.7 Å². The minimum atomic E-state index is -3.54. The summed E-state index contributed by atoms with van der Waals surface area (Å²) < 4.78 is 30.3. The lowest BCUT2D eigenvalue weighted by atomic mass is 10.1. The zero-order valence-corrected chi connectivity index (χ0v) is 16.4. The first-order valence-electron chi connectivity index (χ1n) is 8.72. The predicted molar refractivity (Wildman–Crippen MR) is 101 cm³/mol. The molecule has 1 aliphatic carbocycles. The van der Waals surface area contributed by atoms with Crippen molar-refractivity contribution in [3.63, 3.8) is 0 Å². The van der Waals surface area contributed by atoms with Crippen molar-refractivity contribution < 1.29 is 18.3 Å². The van der Waals surface area contributed by atoms with Crippen molar-refractivity contribution in [1.29, 1.82) is 0 Å². The summed E-state index contributed by atoms with van der Waals surface area (Å²) in [5.74, 6) is 0.617. The molecule has 0 radical (unpaired) electrons. The average Bonchev–Trinajstić information content (AvgIpc) is 3.05. The maximum Gasteiger partial charge on any atom is 0.206 e. The number of aliphatic hydroxyl groups is 1. The lowest BCUT2D eigenvalue weighted by Crippen LogP contribution is -2.03. The molecule has 2 aromatic carbocycles. The van der Waals surface area contributed by atoms with E-state index in [4.69, 9.17) is 4.74 Å². The van der Waals surface area contributed by atoms with Crippen LogP contribution in [0.3, 0.4) is 0 Å². The van der Waals surface area contributed by atoms with Gasteiger partial charge in [-0.15, -0.1) is 0 Å². The molecule has 2 aromatic rings. The molecule has 138 valence electrons. The smallest absolute Gasteiger partial charge is 0.206 e. The second-order valence-electron chi connectivity index (χ2n) is 5.09. The zero-order valence-electron chi connectivity index (χ0n) is 15.6. The number of hydrogen-bond donors (Lipinski definition) is 1. The van der Waals surface area contributed by atoms with Crippen LogP contribution in [0.2, 0.25) is 0 Å². The topological polar surface area (TPSA) is 63.6 Å². The Bertz CT molecular complexity index is 765. The van der Waals surface area contributed by atoms with Gasteiger partial charge in [0.1, 0.15) is 5.75 Å². The van der Waals surface area contributed by atoms with Crippen molar-refractivity contribution >= 4 is 9.84 Å². The molecular weight excluding hydrogens is 336 g/mol. The lowest BCUT2D eigenvalue weighted by Gasteiger charge is -2.09. The maximum absolute atomic E-state index is 12.6. The summed E-state index contributed by atoms with van der Waals surface area (Å²) in [6.45, 7) is 8.00. The Morgan fingerprint density at radius 3 is 2.08 bits per heavy atom. The van der Waals surface area contributed by atoms with Crippen LogP contribution in [0.25, 0.3) is 0 Å². The molecule has 0 heterocycles. The van der Waals surface area contributed by atoms with Crippen LogP contribution in [0.15, 0.2) is 52.3 Å². The Morgan fingerprint density at radius 2 is 1.52 bits per heavy atom. The van der Waals surface area contributed by atoms with Crippen LogP contribution in [-0.2, 0) is 16.3 Å². The second-order valence-corrected chi connectivity index (χ2v) is 7.04. The highest BCUT2D eigenvalue weighted by Crippen LogP contribution is 2.33. The molecule has 1 aliphatic rings. The minimum absolute atomic E-state index is 0.238. The highest BCUT2D eigenvalue weighted by molar-refractivity contribution is 7.91. The van der Waals surface area contributed by atoms with Crippen LogP contribution >= 0.6 is 0 Å². The third-order valence-corrected chi connectivity index (χ3v) is 5.61. The molecule has 0 saturated carbocycles. The van der Waals surface area contributed by atoms with Gasteiger partial charge in [0.15, 0.2) is 0 Å². The number of fused-ring (bicyclic) bond motifs is 1. The van der Waals surface area contributed by atoms with Gasteiger partial charge in [0, 0.05) is 0 Å². The van der Waals surface area contributed by atoms with E-state index in [2.05, 4.69) is 0 Å². The number of benzene rings is 2. The van der Waals surface area contributed by atoms with Gasteiger partial charge >= 0.3 is 0 Å². The van der Waals surface area contributed by atoms with Crippen molar-refractivity contribution in [2.45, 2.75) is 56.4 Å². The van der Waals surface area contributed by atoms with E-state index in [1.165, 1.54) is 19.2 Å². The van der Waals surface area contributed by atoms with Crippen LogP contribution in [0.4, 0.5) is 0 Å². The minimum Gasteiger partial charge on any atom is -0.497 e. The fraction of sp³-hybridized carbons (Fsp3) is 0.400. The quantitative estimate of drug-likeness (QED) is 0.867. The third kappa shape index (κ3) is 4.61. The molecule has 1 N–H and O–H groups in total. The first kappa shape index (κ1) is 21.2. The standard InChI is InChI=1S/C16H16O4S.2C2H6/c1-20-12-3-5-13(6-4-12)21(18,19)14-7-8-15-11(10-14)2-9-16(15)17;2*1-2/h3-8,10,16-17H,2,9H2,1H3;2*1-2H3. The molecule has 0 bridgehead atoms. The molecule has 0 aliphatic heterocycles. The lowest BCUT2D eigenvalue weighted by molar-refractivity contribution is 0.180. The van der Waals surface area contributed by atoms with Crippen molar-refractivity contribution in [2.75, 3.05) is 7.11 Å². The monoisotopic (exact) mass is 364 g/mol. The van der Waals surface area contributed by atoms with Gasteiger partial charge < -0.3 is 9.84 Å². The number of hydrogen-bond acceptors (Lipinski definition) is 4. The van der Waals surface area contributed by atoms with E-state index >= 15 is 0 Å². The van der Waals surface area contributed by atoms with Crippen LogP contribution in [0.1, 0.15) is 51.3 Å². The Morgan fingerprint density at radius 1 is 0.960 bits per heavy atom. The molecule has 1 unspecified atom stereocenters. The molecule has 0 fully saturated rings. The average molecular weight is 365 g/mol. The Labute approximate surface area is 151 Å². The van der Waals surface area contributed by atoms with Gasteiger partial charge in [0.05, 0.1) is 23.0 Å². The first-order chi connectivity index (χ1) is 12.0. The number of sulfone groups is 1. The summed E-state index contributed by atoms with van der Waals surface area (Å²) in [6.07, 6.45) is 0.891. The van der Waals surface area contributed by atoms with E-state index in [0.717, 1.165) is 11.1 Å². The molecule has 25 heavy (non-hydrogen) atoms. The Balaban J connectivity index is 0.000000730. The van der Waals surface area contributed by atoms with Crippen LogP contribution in [-0.4, -0.2) is 20.6 Å². The summed E-state index contributed by atoms with van der Waals surface area (Å²) in [5.41, 5.74) is 1.75. The number of aryl methyl sites for hydroxylation is 1. The van der Waals surface area contributed by atoms with Gasteiger partial charge in [-0.2, -0.15) is 0 Å². The highest BCUT2D eigenvalue weighted by Gasteiger charge is 2.24. The normalized spacial score (nSPS) is 15.2. The first-order valence-corrected chi connectivity index (χ1v) is 10.2. The molecule has 5 heteroatoms. The molecule has 4 nitrogen and oxygen atoms in total. The largest absolute Gasteiger partial charge is 0.497 e. The van der Waals surface area contributed by atoms with Crippen molar-refractivity contribution in [1.82, 2.24) is 0 Å². The molecular formula is C20H28O4S. The van der Waals surface area contributed by atoms with Crippen molar-refractivity contribution in [3.05, 3.63) is 53.6 Å². The maximum atomic E-state index is 12.6. The fourth-order valence-corrected chi connectivity index (χ4v) is 3.94. The SMILES string of the molecule is CC.CC.COc1ccc(S(=O)(=O)c2ccc3c(c2)CCC3O)cc1. The summed E-state index contributed by atoms with van der Waals surface area (Å²) in [6, 6.07) is 11.3. The number of methoxy groups -OCH3 is 1. The van der Waals surface area contributed by atoms with Crippen LogP contribution in [0, 0.1) is 0 Å². The summed E-state index contributed by atoms with van der Waals surface area (Å²) >= 11 is 0. The number of rotatable bonds is 3. The van der Waals surface area contributed by atoms with Gasteiger partial charge in [0.2, 0.25) is 9.84 Å². The molecule has 3 rings (SSSR count). The van der Waals surface area contributed by atoms with Gasteiger partial charge in [-0.25, -0.2) is 8.42 Å². The van der Waals surface area contributed by atoms with Gasteiger partial charge in [-0.3, -0.25) is 0 Å². The Kier molecular flexibility index (Phi) is 8.13. The fourth-order valence-electron chi connectivity index (χ4n) is 2.63. The predicted octanol–water partition coefficient (Wildman–Crippen LogP) is 4.56. The van der Waals surface area contributed by atoms with Crippen LogP contribution < -0.4 is 4.74 Å². The highest BCUT2D eigenvalue weighted by atomic mass is 32.2. The molecule has 0 spiro atoms. The molecule has 1 atom stereocenters. The third-order valence-electron chi connectivity index (χ3n) is 3.84. The summed E-state index contributed by atoms with van der Waals surface area (Å²) in [7, 11) is -2.00. The van der Waals surface area contributed by atoms with E-state index in [0.29, 0.717) is 18.6 Å². The van der Waals surface area contributed by atoms with Crippen LogP contribution in [0.5, 0.6) is 5.75 Å². The summed E-state index contributed by atoms with van der Waals surface area (Å²) in [5, 5.41) is 9.79. The van der Waals surface area contributed by atoms with Gasteiger partial charge in [0.25, 0.3) is 0 Å². The van der Waals surface area contributed by atoms with Gasteiger partial charge in [-0.1, -0.05) is 33.8 Å². The number of aliphatic hydroxyl groups excluding tert-OH is 1. The zero-order chi connectivity index (χ0) is 19.0. The van der Waals surface area contributed by atoms with Crippen molar-refractivity contribution in [2.24, 2.45) is 0 Å². The molecule has 0 amide bonds. The Hall–Kier alpha value is -1.85. The summed E-state index contributed by atoms with van der Waals surface area (Å²) in [4.78, 5) is 0.502. The van der Waals surface area contributed by atoms with E-state index < -0.39 is 15.9 Å². The van der Waals surface area contributed by atoms with Gasteiger partial charge in [-0.05, 0) is 60.4 Å². The van der Waals surface area contributed by atoms with E-state index in [-0.39, 0.29) is 9.79 Å².